The molecule has 1 aromatic carbocycles. The van der Waals surface area contributed by atoms with Gasteiger partial charge in [0.25, 0.3) is 0 Å². The van der Waals surface area contributed by atoms with Gasteiger partial charge in [-0.2, -0.15) is 0 Å². The quantitative estimate of drug-likeness (QED) is 0.115. The molecule has 11 atom stereocenters. The minimum Gasteiger partial charge on any atom is -0.487 e. The van der Waals surface area contributed by atoms with E-state index in [1.165, 1.54) is 64.2 Å². The van der Waals surface area contributed by atoms with E-state index in [1.54, 1.807) is 0 Å². The Labute approximate surface area is 326 Å². The maximum Gasteiger partial charge on any atom is 0.161 e. The summed E-state index contributed by atoms with van der Waals surface area (Å²) in [7, 11) is -1.52. The molecule has 4 aliphatic rings. The molecule has 5 nitrogen and oxygen atoms in total. The number of hydrogen-bond acceptors (Lipinski definition) is 5. The van der Waals surface area contributed by atoms with Crippen LogP contribution in [0.3, 0.4) is 0 Å². The topological polar surface area (TPSA) is 68.2 Å². The highest BCUT2D eigenvalue weighted by Gasteiger charge is 2.60. The number of benzene rings is 1. The molecular formula is C47H78O5Si. The Morgan fingerprint density at radius 3 is 2.08 bits per heavy atom. The van der Waals surface area contributed by atoms with Crippen molar-refractivity contribution >= 4 is 8.07 Å². The van der Waals surface area contributed by atoms with Gasteiger partial charge in [-0.25, -0.2) is 0 Å². The lowest BCUT2D eigenvalue weighted by Crippen LogP contribution is -2.54. The summed E-state index contributed by atoms with van der Waals surface area (Å²) in [5, 5.41) is 21.5. The summed E-state index contributed by atoms with van der Waals surface area (Å²) in [6.45, 7) is 20.0. The zero-order valence-corrected chi connectivity index (χ0v) is 36.1. The third-order valence-electron chi connectivity index (χ3n) is 15.8. The van der Waals surface area contributed by atoms with Crippen LogP contribution in [0.25, 0.3) is 0 Å². The molecule has 0 aliphatic heterocycles. The van der Waals surface area contributed by atoms with Crippen LogP contribution in [0.15, 0.2) is 24.3 Å². The van der Waals surface area contributed by atoms with Crippen molar-refractivity contribution in [2.45, 2.75) is 175 Å². The van der Waals surface area contributed by atoms with Crippen LogP contribution in [0.1, 0.15) is 139 Å². The number of ether oxygens (including phenoxy) is 3. The molecule has 4 aliphatic carbocycles. The molecule has 0 unspecified atom stereocenters. The van der Waals surface area contributed by atoms with E-state index in [0.717, 1.165) is 72.4 Å². The first-order valence-corrected chi connectivity index (χ1v) is 24.8. The van der Waals surface area contributed by atoms with Crippen molar-refractivity contribution in [2.24, 2.45) is 52.3 Å². The van der Waals surface area contributed by atoms with E-state index in [1.807, 2.05) is 24.3 Å². The van der Waals surface area contributed by atoms with Crippen LogP contribution >= 0.6 is 0 Å². The van der Waals surface area contributed by atoms with Crippen LogP contribution in [0, 0.1) is 63.7 Å². The molecular weight excluding hydrogens is 673 g/mol. The van der Waals surface area contributed by atoms with Crippen LogP contribution in [0.2, 0.25) is 18.1 Å². The Morgan fingerprint density at radius 1 is 0.774 bits per heavy atom. The first kappa shape index (κ1) is 42.6. The van der Waals surface area contributed by atoms with Crippen molar-refractivity contribution in [3.05, 3.63) is 24.3 Å². The average Bonchev–Trinajstić information content (AvgIpc) is 3.51. The van der Waals surface area contributed by atoms with Gasteiger partial charge in [-0.15, -0.1) is 11.5 Å². The van der Waals surface area contributed by atoms with E-state index in [0.29, 0.717) is 28.7 Å². The van der Waals surface area contributed by atoms with Crippen molar-refractivity contribution < 1.29 is 24.4 Å². The lowest BCUT2D eigenvalue weighted by atomic mass is 9.44. The minimum absolute atomic E-state index is 0.140. The molecule has 1 aromatic rings. The second kappa shape index (κ2) is 19.1. The third kappa shape index (κ3) is 10.1. The molecule has 0 heterocycles. The molecule has 5 rings (SSSR count). The number of fused-ring (bicyclic) bond motifs is 5. The summed E-state index contributed by atoms with van der Waals surface area (Å²) in [6.07, 6.45) is 15.5. The van der Waals surface area contributed by atoms with E-state index in [-0.39, 0.29) is 25.9 Å². The van der Waals surface area contributed by atoms with Crippen molar-refractivity contribution in [2.75, 3.05) is 19.8 Å². The van der Waals surface area contributed by atoms with Crippen LogP contribution in [0.4, 0.5) is 0 Å². The first-order valence-electron chi connectivity index (χ1n) is 22.2. The van der Waals surface area contributed by atoms with Crippen LogP contribution < -0.4 is 9.47 Å². The molecule has 6 heteroatoms. The third-order valence-corrected chi connectivity index (χ3v) is 20.5. The van der Waals surface area contributed by atoms with E-state index < -0.39 is 20.3 Å². The Morgan fingerprint density at radius 2 is 1.42 bits per heavy atom. The Kier molecular flexibility index (Phi) is 15.3. The number of aliphatic hydroxyl groups excluding tert-OH is 2. The Hall–Kier alpha value is -1.52. The lowest BCUT2D eigenvalue weighted by Gasteiger charge is -2.61. The molecule has 0 radical (unpaired) electrons. The molecule has 4 fully saturated rings. The fourth-order valence-electron chi connectivity index (χ4n) is 12.2. The molecule has 0 amide bonds. The summed E-state index contributed by atoms with van der Waals surface area (Å²) in [6, 6.07) is 11.0. The maximum atomic E-state index is 10.9. The minimum atomic E-state index is -1.52. The van der Waals surface area contributed by atoms with Crippen LogP contribution in [-0.2, 0) is 4.74 Å². The monoisotopic (exact) mass is 751 g/mol. The van der Waals surface area contributed by atoms with Crippen LogP contribution in [-0.4, -0.2) is 56.4 Å². The fourth-order valence-corrected chi connectivity index (χ4v) is 14.7. The Bertz CT molecular complexity index is 1330. The van der Waals surface area contributed by atoms with Crippen molar-refractivity contribution in [3.8, 4) is 23.0 Å². The Balaban J connectivity index is 1.06. The average molecular weight is 751 g/mol. The lowest BCUT2D eigenvalue weighted by molar-refractivity contribution is -0.141. The smallest absolute Gasteiger partial charge is 0.161 e. The van der Waals surface area contributed by atoms with E-state index in [2.05, 4.69) is 66.9 Å². The van der Waals surface area contributed by atoms with Gasteiger partial charge in [0, 0.05) is 6.42 Å². The highest BCUT2D eigenvalue weighted by molar-refractivity contribution is 6.87. The maximum absolute atomic E-state index is 10.9. The summed E-state index contributed by atoms with van der Waals surface area (Å²) in [5.41, 5.74) is 4.53. The van der Waals surface area contributed by atoms with Gasteiger partial charge in [-0.3, -0.25) is 0 Å². The van der Waals surface area contributed by atoms with Crippen LogP contribution in [0.5, 0.6) is 11.5 Å². The van der Waals surface area contributed by atoms with Gasteiger partial charge in [0.05, 0.1) is 18.8 Å². The number of rotatable bonds is 18. The van der Waals surface area contributed by atoms with Gasteiger partial charge >= 0.3 is 0 Å². The van der Waals surface area contributed by atoms with E-state index >= 15 is 0 Å². The highest BCUT2D eigenvalue weighted by Crippen LogP contribution is 2.68. The summed E-state index contributed by atoms with van der Waals surface area (Å²) in [4.78, 5) is 0. The van der Waals surface area contributed by atoms with Gasteiger partial charge in [-0.1, -0.05) is 86.8 Å². The molecule has 0 bridgehead atoms. The SMILES string of the molecule is CC[Si](C#CC[C@@H](O)COc1ccccc1OC[C@@H](O)CO[C@H]1CC[C@@]2(C)[C@@H](CC[C@@H]3[C@@H]2CC[C@]2(C)[C@@H]([C@H](C)CCCC(C)C)CC[C@@H]32)C1)(CC)CC. The molecule has 0 spiro atoms. The van der Waals surface area contributed by atoms with Gasteiger partial charge < -0.3 is 24.4 Å². The zero-order valence-electron chi connectivity index (χ0n) is 35.1. The fraction of sp³-hybridized carbons (Fsp3) is 0.830. The molecule has 300 valence electrons. The molecule has 53 heavy (non-hydrogen) atoms. The van der Waals surface area contributed by atoms with Crippen molar-refractivity contribution in [1.29, 1.82) is 0 Å². The predicted octanol–water partition coefficient (Wildman–Crippen LogP) is 11.1. The van der Waals surface area contributed by atoms with Gasteiger partial charge in [-0.05, 0) is 140 Å². The summed E-state index contributed by atoms with van der Waals surface area (Å²) in [5.74, 6) is 10.5. The van der Waals surface area contributed by atoms with Gasteiger partial charge in [0.15, 0.2) is 11.5 Å². The van der Waals surface area contributed by atoms with Crippen molar-refractivity contribution in [1.82, 2.24) is 0 Å². The largest absolute Gasteiger partial charge is 0.487 e. The second-order valence-corrected chi connectivity index (χ2v) is 24.1. The number of aliphatic hydroxyl groups is 2. The molecule has 2 N–H and O–H groups in total. The molecule has 0 aromatic heterocycles. The van der Waals surface area contributed by atoms with Gasteiger partial charge in [0.1, 0.15) is 27.4 Å². The van der Waals surface area contributed by atoms with E-state index in [4.69, 9.17) is 14.2 Å². The standard InChI is InChI=1S/C47H78O5Si/c1-9-53(10-2,11-3)29-15-18-37(48)31-51-44-19-12-13-20-45(44)52-33-38(49)32-50-39-25-27-46(7)36(30-39)21-22-40-42-24-23-41(35(6)17-14-16-34(4)5)47(42,8)28-26-43(40)46/h12-13,19-20,34-43,48-49H,9-11,14,16-18,21-28,30-33H2,1-8H3/t35-,36+,37-,38+,39+,40+,41-,42+,43+,46+,47-/m1/s1. The second-order valence-electron chi connectivity index (χ2n) is 19.1. The molecule has 4 saturated carbocycles. The zero-order chi connectivity index (χ0) is 38.2. The first-order chi connectivity index (χ1) is 25.4. The number of para-hydroxylation sites is 2. The highest BCUT2D eigenvalue weighted by atomic mass is 28.3. The normalized spacial score (nSPS) is 32.8. The summed E-state index contributed by atoms with van der Waals surface area (Å²) < 4.78 is 18.4. The predicted molar refractivity (Wildman–Crippen MR) is 222 cm³/mol. The van der Waals surface area contributed by atoms with Crippen molar-refractivity contribution in [3.63, 3.8) is 0 Å². The number of hydrogen-bond donors (Lipinski definition) is 2. The molecule has 0 saturated heterocycles. The summed E-state index contributed by atoms with van der Waals surface area (Å²) >= 11 is 0. The van der Waals surface area contributed by atoms with E-state index in [9.17, 15) is 10.2 Å². The van der Waals surface area contributed by atoms with Gasteiger partial charge in [0.2, 0.25) is 0 Å².